The van der Waals surface area contributed by atoms with Crippen molar-refractivity contribution in [2.45, 2.75) is 32.9 Å². The normalized spacial score (nSPS) is 10.9. The molecule has 0 fully saturated rings. The number of hydrogen-bond acceptors (Lipinski definition) is 4. The molecule has 0 unspecified atom stereocenters. The molecule has 3 N–H and O–H groups in total. The Labute approximate surface area is 152 Å². The van der Waals surface area contributed by atoms with Gasteiger partial charge in [-0.05, 0) is 44.5 Å². The summed E-state index contributed by atoms with van der Waals surface area (Å²) in [4.78, 5) is 33.9. The third-order valence-electron chi connectivity index (χ3n) is 3.33. The third kappa shape index (κ3) is 5.77. The molecule has 138 valence electrons. The molecule has 1 aromatic carbocycles. The number of amides is 3. The van der Waals surface area contributed by atoms with Crippen molar-refractivity contribution in [1.29, 1.82) is 0 Å². The van der Waals surface area contributed by atoms with Crippen molar-refractivity contribution in [3.63, 3.8) is 0 Å². The molecule has 7 nitrogen and oxygen atoms in total. The van der Waals surface area contributed by atoms with E-state index < -0.39 is 5.91 Å². The highest BCUT2D eigenvalue weighted by molar-refractivity contribution is 5.93. The zero-order valence-electron chi connectivity index (χ0n) is 15.1. The van der Waals surface area contributed by atoms with Gasteiger partial charge >= 0.3 is 6.03 Å². The molecule has 0 aliphatic heterocycles. The maximum Gasteiger partial charge on any atom is 0.315 e. The SMILES string of the molecule is CC(C)(C)NC(=O)NCc1cccc(-c2ccc(C(=O)NCC=O)o2)c1. The lowest BCUT2D eigenvalue weighted by Crippen LogP contribution is -2.46. The van der Waals surface area contributed by atoms with Gasteiger partial charge in [-0.15, -0.1) is 0 Å². The molecule has 7 heteroatoms. The first-order valence-corrected chi connectivity index (χ1v) is 8.25. The number of carbonyl (C=O) groups excluding carboxylic acids is 3. The number of aldehydes is 1. The standard InChI is InChI=1S/C19H23N3O4/c1-19(2,3)22-18(25)21-12-13-5-4-6-14(11-13)15-7-8-16(26-15)17(24)20-9-10-23/h4-8,10-11H,9,12H2,1-3H3,(H,20,24)(H2,21,22,25). The van der Waals surface area contributed by atoms with Gasteiger partial charge < -0.3 is 25.2 Å². The van der Waals surface area contributed by atoms with Crippen LogP contribution in [0.25, 0.3) is 11.3 Å². The van der Waals surface area contributed by atoms with Crippen LogP contribution in [0.5, 0.6) is 0 Å². The quantitative estimate of drug-likeness (QED) is 0.691. The van der Waals surface area contributed by atoms with Gasteiger partial charge in [0.05, 0.1) is 6.54 Å². The Morgan fingerprint density at radius 2 is 1.88 bits per heavy atom. The number of carbonyl (C=O) groups is 3. The fraction of sp³-hybridized carbons (Fsp3) is 0.316. The molecule has 0 radical (unpaired) electrons. The monoisotopic (exact) mass is 357 g/mol. The van der Waals surface area contributed by atoms with Crippen molar-refractivity contribution in [2.75, 3.05) is 6.54 Å². The molecule has 0 spiro atoms. The van der Waals surface area contributed by atoms with E-state index in [0.717, 1.165) is 11.1 Å². The predicted molar refractivity (Wildman–Crippen MR) is 97.7 cm³/mol. The van der Waals surface area contributed by atoms with E-state index in [1.807, 2.05) is 45.0 Å². The number of benzene rings is 1. The average molecular weight is 357 g/mol. The fourth-order valence-corrected chi connectivity index (χ4v) is 2.24. The van der Waals surface area contributed by atoms with E-state index in [0.29, 0.717) is 18.6 Å². The van der Waals surface area contributed by atoms with E-state index in [4.69, 9.17) is 4.42 Å². The minimum Gasteiger partial charge on any atom is -0.451 e. The molecule has 0 saturated carbocycles. The molecular formula is C19H23N3O4. The van der Waals surface area contributed by atoms with Gasteiger partial charge in [-0.1, -0.05) is 18.2 Å². The largest absolute Gasteiger partial charge is 0.451 e. The molecular weight excluding hydrogens is 334 g/mol. The first kappa shape index (κ1) is 19.2. The summed E-state index contributed by atoms with van der Waals surface area (Å²) < 4.78 is 5.55. The second-order valence-electron chi connectivity index (χ2n) is 6.80. The smallest absolute Gasteiger partial charge is 0.315 e. The fourth-order valence-electron chi connectivity index (χ4n) is 2.24. The summed E-state index contributed by atoms with van der Waals surface area (Å²) in [6.07, 6.45) is 0.605. The minimum atomic E-state index is -0.444. The Morgan fingerprint density at radius 3 is 2.58 bits per heavy atom. The topological polar surface area (TPSA) is 100 Å². The average Bonchev–Trinajstić information content (AvgIpc) is 3.07. The zero-order chi connectivity index (χ0) is 19.2. The number of urea groups is 1. The van der Waals surface area contributed by atoms with Crippen LogP contribution in [0.3, 0.4) is 0 Å². The Balaban J connectivity index is 2.03. The van der Waals surface area contributed by atoms with E-state index in [1.165, 1.54) is 0 Å². The van der Waals surface area contributed by atoms with Crippen molar-refractivity contribution >= 4 is 18.2 Å². The van der Waals surface area contributed by atoms with Gasteiger partial charge in [-0.3, -0.25) is 4.79 Å². The third-order valence-corrected chi connectivity index (χ3v) is 3.33. The summed E-state index contributed by atoms with van der Waals surface area (Å²) in [6, 6.07) is 10.5. The first-order valence-electron chi connectivity index (χ1n) is 8.25. The zero-order valence-corrected chi connectivity index (χ0v) is 15.1. The van der Waals surface area contributed by atoms with Crippen LogP contribution in [0.4, 0.5) is 4.79 Å². The molecule has 0 aliphatic rings. The van der Waals surface area contributed by atoms with E-state index >= 15 is 0 Å². The Morgan fingerprint density at radius 1 is 1.12 bits per heavy atom. The summed E-state index contributed by atoms with van der Waals surface area (Å²) in [5.41, 5.74) is 1.38. The van der Waals surface area contributed by atoms with Crippen LogP contribution in [0.15, 0.2) is 40.8 Å². The number of nitrogens with one attached hydrogen (secondary N) is 3. The molecule has 0 aliphatic carbocycles. The second kappa shape index (κ2) is 8.33. The van der Waals surface area contributed by atoms with E-state index in [1.54, 1.807) is 12.1 Å². The Bertz CT molecular complexity index is 790. The summed E-state index contributed by atoms with van der Waals surface area (Å²) in [6.45, 7) is 6.03. The van der Waals surface area contributed by atoms with Crippen LogP contribution in [0, 0.1) is 0 Å². The predicted octanol–water partition coefficient (Wildman–Crippen LogP) is 2.47. The number of hydrogen-bond donors (Lipinski definition) is 3. The molecule has 26 heavy (non-hydrogen) atoms. The lowest BCUT2D eigenvalue weighted by atomic mass is 10.1. The summed E-state index contributed by atoms with van der Waals surface area (Å²) in [7, 11) is 0. The molecule has 2 rings (SSSR count). The van der Waals surface area contributed by atoms with Crippen LogP contribution < -0.4 is 16.0 Å². The summed E-state index contributed by atoms with van der Waals surface area (Å²) in [5.74, 6) is 0.220. The molecule has 1 aromatic heterocycles. The molecule has 2 aromatic rings. The summed E-state index contributed by atoms with van der Waals surface area (Å²) in [5, 5.41) is 8.05. The Hall–Kier alpha value is -3.09. The number of furan rings is 1. The van der Waals surface area contributed by atoms with Gasteiger partial charge in [0.2, 0.25) is 0 Å². The van der Waals surface area contributed by atoms with Crippen molar-refractivity contribution in [1.82, 2.24) is 16.0 Å². The Kier molecular flexibility index (Phi) is 6.16. The van der Waals surface area contributed by atoms with E-state index in [9.17, 15) is 14.4 Å². The van der Waals surface area contributed by atoms with Gasteiger partial charge in [-0.2, -0.15) is 0 Å². The highest BCUT2D eigenvalue weighted by Crippen LogP contribution is 2.23. The van der Waals surface area contributed by atoms with Crippen LogP contribution in [0.2, 0.25) is 0 Å². The van der Waals surface area contributed by atoms with Crippen molar-refractivity contribution in [3.8, 4) is 11.3 Å². The minimum absolute atomic E-state index is 0.0628. The van der Waals surface area contributed by atoms with Gasteiger partial charge in [0, 0.05) is 17.6 Å². The molecule has 0 bridgehead atoms. The van der Waals surface area contributed by atoms with Gasteiger partial charge in [-0.25, -0.2) is 4.79 Å². The van der Waals surface area contributed by atoms with Crippen LogP contribution in [-0.4, -0.2) is 30.3 Å². The van der Waals surface area contributed by atoms with Crippen LogP contribution in [-0.2, 0) is 11.3 Å². The highest BCUT2D eigenvalue weighted by atomic mass is 16.3. The summed E-state index contributed by atoms with van der Waals surface area (Å²) >= 11 is 0. The van der Waals surface area contributed by atoms with Gasteiger partial charge in [0.25, 0.3) is 5.91 Å². The van der Waals surface area contributed by atoms with Crippen molar-refractivity contribution in [3.05, 3.63) is 47.7 Å². The maximum absolute atomic E-state index is 11.8. The lowest BCUT2D eigenvalue weighted by molar-refractivity contribution is -0.107. The lowest BCUT2D eigenvalue weighted by Gasteiger charge is -2.20. The molecule has 3 amide bonds. The van der Waals surface area contributed by atoms with Gasteiger partial charge in [0.1, 0.15) is 12.0 Å². The number of rotatable bonds is 6. The van der Waals surface area contributed by atoms with Crippen LogP contribution >= 0.6 is 0 Å². The molecule has 0 atom stereocenters. The first-order chi connectivity index (χ1) is 12.3. The van der Waals surface area contributed by atoms with Crippen molar-refractivity contribution < 1.29 is 18.8 Å². The van der Waals surface area contributed by atoms with Crippen molar-refractivity contribution in [2.24, 2.45) is 0 Å². The van der Waals surface area contributed by atoms with Crippen LogP contribution in [0.1, 0.15) is 36.9 Å². The molecule has 1 heterocycles. The molecule has 0 saturated heterocycles. The second-order valence-corrected chi connectivity index (χ2v) is 6.80. The maximum atomic E-state index is 11.8. The van der Waals surface area contributed by atoms with E-state index in [2.05, 4.69) is 16.0 Å². The van der Waals surface area contributed by atoms with Gasteiger partial charge in [0.15, 0.2) is 5.76 Å². The highest BCUT2D eigenvalue weighted by Gasteiger charge is 2.14. The van der Waals surface area contributed by atoms with E-state index in [-0.39, 0.29) is 23.9 Å².